The average molecular weight is 169 g/mol. The van der Waals surface area contributed by atoms with Gasteiger partial charge in [0.1, 0.15) is 0 Å². The maximum Gasteiger partial charge on any atom is 0.197 e. The van der Waals surface area contributed by atoms with Crippen LogP contribution >= 0.6 is 0 Å². The molecule has 0 amide bonds. The van der Waals surface area contributed by atoms with E-state index in [-0.39, 0.29) is 11.7 Å². The molecule has 1 heterocycles. The van der Waals surface area contributed by atoms with Gasteiger partial charge in [-0.15, -0.1) is 0 Å². The van der Waals surface area contributed by atoms with E-state index in [1.165, 1.54) is 0 Å². The monoisotopic (exact) mass is 169 g/mol. The van der Waals surface area contributed by atoms with E-state index in [0.717, 1.165) is 6.42 Å². The Labute approximate surface area is 72.6 Å². The van der Waals surface area contributed by atoms with E-state index in [2.05, 4.69) is 0 Å². The summed E-state index contributed by atoms with van der Waals surface area (Å²) in [5.41, 5.74) is 5.41. The number of hydrogen-bond acceptors (Lipinski definition) is 3. The zero-order valence-corrected chi connectivity index (χ0v) is 7.38. The van der Waals surface area contributed by atoms with Gasteiger partial charge in [-0.3, -0.25) is 4.79 Å². The highest BCUT2D eigenvalue weighted by Crippen LogP contribution is 2.14. The lowest BCUT2D eigenvalue weighted by molar-refractivity contribution is -0.119. The van der Waals surface area contributed by atoms with Gasteiger partial charge in [-0.1, -0.05) is 6.92 Å². The topological polar surface area (TPSA) is 52.3 Å². The number of allylic oxidation sites excluding steroid dienone is 1. The molecule has 0 aromatic carbocycles. The number of Topliss-reactive ketones (excluding diaryl/α,β-unsaturated/α-hetero) is 1. The molecule has 0 fully saturated rings. The maximum absolute atomic E-state index is 11.4. The van der Waals surface area contributed by atoms with Gasteiger partial charge in [0.15, 0.2) is 11.5 Å². The van der Waals surface area contributed by atoms with Crippen LogP contribution in [0, 0.1) is 5.92 Å². The van der Waals surface area contributed by atoms with Crippen molar-refractivity contribution in [1.82, 2.24) is 0 Å². The second-order valence-electron chi connectivity index (χ2n) is 3.17. The Hall–Kier alpha value is -0.830. The third-order valence-electron chi connectivity index (χ3n) is 1.92. The summed E-state index contributed by atoms with van der Waals surface area (Å²) in [4.78, 5) is 11.4. The lowest BCUT2D eigenvalue weighted by Crippen LogP contribution is -2.16. The molecule has 0 saturated carbocycles. The lowest BCUT2D eigenvalue weighted by Gasteiger charge is -2.07. The third-order valence-corrected chi connectivity index (χ3v) is 1.92. The SMILES string of the molecule is CC(CN)CC(=O)C1=CCCO1. The summed E-state index contributed by atoms with van der Waals surface area (Å²) in [5, 5.41) is 0. The minimum atomic E-state index is 0.0884. The van der Waals surface area contributed by atoms with Crippen molar-refractivity contribution in [2.24, 2.45) is 11.7 Å². The fourth-order valence-electron chi connectivity index (χ4n) is 1.11. The van der Waals surface area contributed by atoms with Gasteiger partial charge in [-0.05, 0) is 18.5 Å². The van der Waals surface area contributed by atoms with Gasteiger partial charge in [0.05, 0.1) is 6.61 Å². The van der Waals surface area contributed by atoms with Crippen LogP contribution in [0.15, 0.2) is 11.8 Å². The normalized spacial score (nSPS) is 18.3. The predicted molar refractivity (Wildman–Crippen MR) is 46.5 cm³/mol. The second kappa shape index (κ2) is 4.26. The Morgan fingerprint density at radius 2 is 2.58 bits per heavy atom. The first-order chi connectivity index (χ1) is 5.74. The van der Waals surface area contributed by atoms with Crippen molar-refractivity contribution in [3.05, 3.63) is 11.8 Å². The number of rotatable bonds is 4. The van der Waals surface area contributed by atoms with Crippen molar-refractivity contribution < 1.29 is 9.53 Å². The Bertz CT molecular complexity index is 199. The van der Waals surface area contributed by atoms with E-state index in [9.17, 15) is 4.79 Å². The third kappa shape index (κ3) is 2.34. The van der Waals surface area contributed by atoms with Gasteiger partial charge in [0.2, 0.25) is 0 Å². The first kappa shape index (κ1) is 9.26. The number of ether oxygens (including phenoxy) is 1. The summed E-state index contributed by atoms with van der Waals surface area (Å²) in [7, 11) is 0. The Morgan fingerprint density at radius 1 is 1.83 bits per heavy atom. The maximum atomic E-state index is 11.4. The van der Waals surface area contributed by atoms with Gasteiger partial charge in [-0.2, -0.15) is 0 Å². The van der Waals surface area contributed by atoms with Gasteiger partial charge in [0.25, 0.3) is 0 Å². The van der Waals surface area contributed by atoms with Crippen LogP contribution in [0.4, 0.5) is 0 Å². The second-order valence-corrected chi connectivity index (χ2v) is 3.17. The molecular weight excluding hydrogens is 154 g/mol. The molecule has 1 atom stereocenters. The number of carbonyl (C=O) groups is 1. The molecule has 1 aliphatic rings. The summed E-state index contributed by atoms with van der Waals surface area (Å²) >= 11 is 0. The molecule has 0 saturated heterocycles. The van der Waals surface area contributed by atoms with Gasteiger partial charge >= 0.3 is 0 Å². The molecule has 0 aromatic heterocycles. The molecule has 0 radical (unpaired) electrons. The van der Waals surface area contributed by atoms with Crippen LogP contribution in [0.5, 0.6) is 0 Å². The molecule has 1 aliphatic heterocycles. The molecule has 68 valence electrons. The highest BCUT2D eigenvalue weighted by molar-refractivity contribution is 5.93. The van der Waals surface area contributed by atoms with E-state index in [4.69, 9.17) is 10.5 Å². The highest BCUT2D eigenvalue weighted by atomic mass is 16.5. The minimum Gasteiger partial charge on any atom is -0.490 e. The fourth-order valence-corrected chi connectivity index (χ4v) is 1.11. The first-order valence-corrected chi connectivity index (χ1v) is 4.30. The van der Waals surface area contributed by atoms with Gasteiger partial charge in [0, 0.05) is 12.8 Å². The van der Waals surface area contributed by atoms with Gasteiger partial charge in [-0.25, -0.2) is 0 Å². The van der Waals surface area contributed by atoms with E-state index >= 15 is 0 Å². The molecule has 2 N–H and O–H groups in total. The van der Waals surface area contributed by atoms with Crippen LogP contribution in [0.25, 0.3) is 0 Å². The van der Waals surface area contributed by atoms with E-state index < -0.39 is 0 Å². The number of ketones is 1. The van der Waals surface area contributed by atoms with Crippen LogP contribution in [-0.4, -0.2) is 18.9 Å². The summed E-state index contributed by atoms with van der Waals surface area (Å²) < 4.78 is 5.13. The van der Waals surface area contributed by atoms with Crippen molar-refractivity contribution in [1.29, 1.82) is 0 Å². The Morgan fingerprint density at radius 3 is 3.08 bits per heavy atom. The summed E-state index contributed by atoms with van der Waals surface area (Å²) in [6.45, 7) is 3.17. The molecule has 12 heavy (non-hydrogen) atoms. The summed E-state index contributed by atoms with van der Waals surface area (Å²) in [6.07, 6.45) is 3.21. The molecule has 0 bridgehead atoms. The fraction of sp³-hybridized carbons (Fsp3) is 0.667. The lowest BCUT2D eigenvalue weighted by atomic mass is 10.0. The summed E-state index contributed by atoms with van der Waals surface area (Å²) in [5.74, 6) is 0.878. The molecule has 0 aliphatic carbocycles. The van der Waals surface area contributed by atoms with Crippen LogP contribution in [0.3, 0.4) is 0 Å². The molecule has 1 unspecified atom stereocenters. The minimum absolute atomic E-state index is 0.0884. The van der Waals surface area contributed by atoms with Crippen LogP contribution in [-0.2, 0) is 9.53 Å². The number of nitrogens with two attached hydrogens (primary N) is 1. The zero-order valence-electron chi connectivity index (χ0n) is 7.38. The zero-order chi connectivity index (χ0) is 8.97. The van der Waals surface area contributed by atoms with Crippen molar-refractivity contribution in [3.8, 4) is 0 Å². The summed E-state index contributed by atoms with van der Waals surface area (Å²) in [6, 6.07) is 0. The molecule has 0 spiro atoms. The van der Waals surface area contributed by atoms with E-state index in [0.29, 0.717) is 25.3 Å². The number of carbonyl (C=O) groups excluding carboxylic acids is 1. The smallest absolute Gasteiger partial charge is 0.197 e. The van der Waals surface area contributed by atoms with Crippen molar-refractivity contribution in [2.45, 2.75) is 19.8 Å². The van der Waals surface area contributed by atoms with Crippen LogP contribution < -0.4 is 5.73 Å². The van der Waals surface area contributed by atoms with Crippen molar-refractivity contribution in [2.75, 3.05) is 13.2 Å². The van der Waals surface area contributed by atoms with Crippen molar-refractivity contribution in [3.63, 3.8) is 0 Å². The molecule has 1 rings (SSSR count). The van der Waals surface area contributed by atoms with Gasteiger partial charge < -0.3 is 10.5 Å². The van der Waals surface area contributed by atoms with Crippen LogP contribution in [0.1, 0.15) is 19.8 Å². The van der Waals surface area contributed by atoms with Crippen molar-refractivity contribution >= 4 is 5.78 Å². The number of hydrogen-bond donors (Lipinski definition) is 1. The highest BCUT2D eigenvalue weighted by Gasteiger charge is 2.16. The quantitative estimate of drug-likeness (QED) is 0.678. The predicted octanol–water partition coefficient (Wildman–Crippen LogP) is 0.845. The molecule has 3 nitrogen and oxygen atoms in total. The van der Waals surface area contributed by atoms with Crippen LogP contribution in [0.2, 0.25) is 0 Å². The standard InChI is InChI=1S/C9H15NO2/c1-7(6-10)5-8(11)9-3-2-4-12-9/h3,7H,2,4-6,10H2,1H3. The molecule has 0 aromatic rings. The Kier molecular flexibility index (Phi) is 3.29. The van der Waals surface area contributed by atoms with E-state index in [1.54, 1.807) is 0 Å². The largest absolute Gasteiger partial charge is 0.490 e. The molecular formula is C9H15NO2. The first-order valence-electron chi connectivity index (χ1n) is 4.30. The average Bonchev–Trinajstić information content (AvgIpc) is 2.56. The van der Waals surface area contributed by atoms with E-state index in [1.807, 2.05) is 13.0 Å². The Balaban J connectivity index is 2.37. The molecule has 3 heteroatoms.